The van der Waals surface area contributed by atoms with E-state index in [-0.39, 0.29) is 11.0 Å². The van der Waals surface area contributed by atoms with Crippen LogP contribution in [0.15, 0.2) is 87.7 Å². The summed E-state index contributed by atoms with van der Waals surface area (Å²) in [7, 11) is 4.44. The van der Waals surface area contributed by atoms with Gasteiger partial charge in [0.2, 0.25) is 0 Å². The van der Waals surface area contributed by atoms with Crippen molar-refractivity contribution in [3.63, 3.8) is 0 Å². The number of hydrogen-bond donors (Lipinski definition) is 4. The first kappa shape index (κ1) is 34.4. The standard InChI is InChI=1S/C32H33NO2.C6H8O7/c1-22-25-14-8-10-16-27(25)34-29(22)31(30-23(2)26-15-9-11-17-28(26)35-30)18-20-32(21-19-31,33(3)4)24-12-6-5-7-13-24;7-3(8)1-6(13,5(11)12)2-4(9)10/h5-17H,18-21H2,1-4H3;13H,1-2H2,(H,7,8)(H,9,10)(H,11,12). The van der Waals surface area contributed by atoms with Crippen molar-refractivity contribution in [1.29, 1.82) is 0 Å². The minimum Gasteiger partial charge on any atom is -0.481 e. The van der Waals surface area contributed by atoms with Crippen LogP contribution in [-0.2, 0) is 25.3 Å². The molecule has 0 amide bonds. The van der Waals surface area contributed by atoms with Crippen molar-refractivity contribution in [2.45, 2.75) is 68.9 Å². The maximum atomic E-state index is 10.3. The second kappa shape index (κ2) is 13.3. The van der Waals surface area contributed by atoms with Gasteiger partial charge in [-0.15, -0.1) is 0 Å². The molecule has 1 saturated carbocycles. The molecule has 252 valence electrons. The average Bonchev–Trinajstić information content (AvgIpc) is 3.58. The number of rotatable bonds is 9. The van der Waals surface area contributed by atoms with Crippen LogP contribution in [0.2, 0.25) is 0 Å². The van der Waals surface area contributed by atoms with Gasteiger partial charge in [0.1, 0.15) is 22.7 Å². The van der Waals surface area contributed by atoms with E-state index in [2.05, 4.69) is 112 Å². The number of furan rings is 2. The average molecular weight is 656 g/mol. The highest BCUT2D eigenvalue weighted by atomic mass is 16.4. The van der Waals surface area contributed by atoms with Crippen LogP contribution < -0.4 is 0 Å². The van der Waals surface area contributed by atoms with Crippen LogP contribution in [0.25, 0.3) is 21.9 Å². The highest BCUT2D eigenvalue weighted by Gasteiger charge is 2.51. The fourth-order valence-electron chi connectivity index (χ4n) is 7.37. The first-order valence-corrected chi connectivity index (χ1v) is 15.8. The van der Waals surface area contributed by atoms with Crippen molar-refractivity contribution in [1.82, 2.24) is 4.90 Å². The summed E-state index contributed by atoms with van der Waals surface area (Å²) in [6.07, 6.45) is 1.68. The largest absolute Gasteiger partial charge is 0.481 e. The van der Waals surface area contributed by atoms with Crippen LogP contribution in [-0.4, -0.2) is 62.9 Å². The Kier molecular flexibility index (Phi) is 9.53. The van der Waals surface area contributed by atoms with Crippen LogP contribution in [0.3, 0.4) is 0 Å². The maximum Gasteiger partial charge on any atom is 0.336 e. The number of aliphatic carboxylic acids is 3. The topological polar surface area (TPSA) is 162 Å². The second-order valence-corrected chi connectivity index (χ2v) is 13.0. The molecule has 2 heterocycles. The lowest BCUT2D eigenvalue weighted by atomic mass is 9.61. The molecule has 48 heavy (non-hydrogen) atoms. The molecule has 0 radical (unpaired) electrons. The zero-order valence-corrected chi connectivity index (χ0v) is 27.5. The predicted octanol–water partition coefficient (Wildman–Crippen LogP) is 6.86. The number of nitrogens with zero attached hydrogens (tertiary/aromatic N) is 1. The Balaban J connectivity index is 0.000000296. The van der Waals surface area contributed by atoms with Gasteiger partial charge in [0.25, 0.3) is 0 Å². The lowest BCUT2D eigenvalue weighted by molar-refractivity contribution is -0.170. The number of aryl methyl sites for hydroxylation is 2. The SMILES string of the molecule is Cc1c(C2(c3oc4ccccc4c3C)CCC(c3ccccc3)(N(C)C)CC2)oc2ccccc12.O=C(O)CC(O)(CC(=O)O)C(=O)O. The highest BCUT2D eigenvalue weighted by Crippen LogP contribution is 2.55. The Morgan fingerprint density at radius 1 is 0.688 bits per heavy atom. The summed E-state index contributed by atoms with van der Waals surface area (Å²) in [5.74, 6) is -2.88. The van der Waals surface area contributed by atoms with Crippen molar-refractivity contribution < 1.29 is 43.6 Å². The highest BCUT2D eigenvalue weighted by molar-refractivity contribution is 5.88. The molecule has 0 bridgehead atoms. The van der Waals surface area contributed by atoms with Crippen molar-refractivity contribution >= 4 is 39.8 Å². The molecule has 2 aromatic heterocycles. The van der Waals surface area contributed by atoms with Crippen molar-refractivity contribution in [3.8, 4) is 0 Å². The van der Waals surface area contributed by atoms with E-state index >= 15 is 0 Å². The molecule has 0 saturated heterocycles. The van der Waals surface area contributed by atoms with E-state index in [0.717, 1.165) is 48.4 Å². The molecule has 4 N–H and O–H groups in total. The summed E-state index contributed by atoms with van der Waals surface area (Å²) < 4.78 is 13.4. The minimum atomic E-state index is -2.74. The number of benzene rings is 3. The van der Waals surface area contributed by atoms with Gasteiger partial charge in [-0.2, -0.15) is 0 Å². The first-order valence-electron chi connectivity index (χ1n) is 15.8. The minimum absolute atomic E-state index is 0.00932. The van der Waals surface area contributed by atoms with Gasteiger partial charge in [-0.25, -0.2) is 4.79 Å². The number of carboxylic acid groups (broad SMARTS) is 3. The Hall–Kier alpha value is -4.93. The van der Waals surface area contributed by atoms with Gasteiger partial charge in [0.15, 0.2) is 5.60 Å². The molecule has 0 atom stereocenters. The van der Waals surface area contributed by atoms with E-state index in [4.69, 9.17) is 29.3 Å². The molecule has 10 nitrogen and oxygen atoms in total. The molecule has 3 aromatic carbocycles. The summed E-state index contributed by atoms with van der Waals surface area (Å²) in [6, 6.07) is 27.8. The molecule has 6 rings (SSSR count). The van der Waals surface area contributed by atoms with Crippen molar-refractivity contribution in [2.24, 2.45) is 0 Å². The molecule has 1 aliphatic carbocycles. The molecule has 0 aliphatic heterocycles. The fraction of sp³-hybridized carbons (Fsp3) is 0.342. The Morgan fingerprint density at radius 2 is 1.10 bits per heavy atom. The lowest BCUT2D eigenvalue weighted by Crippen LogP contribution is -2.48. The number of carbonyl (C=O) groups is 3. The summed E-state index contributed by atoms with van der Waals surface area (Å²) in [6.45, 7) is 4.43. The van der Waals surface area contributed by atoms with Gasteiger partial charge in [-0.3, -0.25) is 14.5 Å². The molecule has 0 spiro atoms. The third-order valence-electron chi connectivity index (χ3n) is 9.94. The molecular formula is C38H41NO9. The van der Waals surface area contributed by atoms with Crippen LogP contribution >= 0.6 is 0 Å². The zero-order valence-electron chi connectivity index (χ0n) is 27.5. The molecule has 5 aromatic rings. The monoisotopic (exact) mass is 655 g/mol. The molecule has 0 unspecified atom stereocenters. The Bertz CT molecular complexity index is 1850. The van der Waals surface area contributed by atoms with Crippen LogP contribution in [0.1, 0.15) is 66.7 Å². The van der Waals surface area contributed by atoms with E-state index in [1.165, 1.54) is 27.5 Å². The lowest BCUT2D eigenvalue weighted by Gasteiger charge is -2.49. The Morgan fingerprint density at radius 3 is 1.48 bits per heavy atom. The third kappa shape index (κ3) is 6.21. The summed E-state index contributed by atoms with van der Waals surface area (Å²) in [5.41, 5.74) is 2.72. The maximum absolute atomic E-state index is 10.3. The number of fused-ring (bicyclic) bond motifs is 2. The van der Waals surface area contributed by atoms with E-state index in [9.17, 15) is 14.4 Å². The quantitative estimate of drug-likeness (QED) is 0.132. The van der Waals surface area contributed by atoms with Gasteiger partial charge in [0, 0.05) is 16.3 Å². The van der Waals surface area contributed by atoms with Crippen molar-refractivity contribution in [3.05, 3.63) is 107 Å². The number of aliphatic hydroxyl groups is 1. The number of hydrogen-bond acceptors (Lipinski definition) is 7. The third-order valence-corrected chi connectivity index (χ3v) is 9.94. The van der Waals surface area contributed by atoms with E-state index < -0.39 is 36.4 Å². The molecule has 1 aliphatic rings. The van der Waals surface area contributed by atoms with Crippen LogP contribution in [0.5, 0.6) is 0 Å². The predicted molar refractivity (Wildman–Crippen MR) is 180 cm³/mol. The second-order valence-electron chi connectivity index (χ2n) is 13.0. The first-order chi connectivity index (χ1) is 22.7. The van der Waals surface area contributed by atoms with Crippen LogP contribution in [0.4, 0.5) is 0 Å². The normalized spacial score (nSPS) is 15.6. The Labute approximate surface area is 278 Å². The molecular weight excluding hydrogens is 614 g/mol. The van der Waals surface area contributed by atoms with Crippen molar-refractivity contribution in [2.75, 3.05) is 14.1 Å². The van der Waals surface area contributed by atoms with E-state index in [1.54, 1.807) is 0 Å². The van der Waals surface area contributed by atoms with Gasteiger partial charge >= 0.3 is 17.9 Å². The summed E-state index contributed by atoms with van der Waals surface area (Å²) in [5, 5.41) is 36.2. The number of para-hydroxylation sites is 2. The smallest absolute Gasteiger partial charge is 0.336 e. The van der Waals surface area contributed by atoms with Gasteiger partial charge < -0.3 is 29.3 Å². The van der Waals surface area contributed by atoms with Gasteiger partial charge in [-0.1, -0.05) is 66.7 Å². The van der Waals surface area contributed by atoms with E-state index in [0.29, 0.717) is 0 Å². The van der Waals surface area contributed by atoms with Gasteiger partial charge in [0.05, 0.1) is 18.3 Å². The zero-order chi connectivity index (χ0) is 34.9. The van der Waals surface area contributed by atoms with Gasteiger partial charge in [-0.05, 0) is 82.4 Å². The van der Waals surface area contributed by atoms with Crippen LogP contribution in [0, 0.1) is 13.8 Å². The summed E-state index contributed by atoms with van der Waals surface area (Å²) in [4.78, 5) is 32.9. The molecule has 1 fully saturated rings. The van der Waals surface area contributed by atoms with E-state index in [1.807, 2.05) is 0 Å². The molecule has 10 heteroatoms. The summed E-state index contributed by atoms with van der Waals surface area (Å²) >= 11 is 0. The fourth-order valence-corrected chi connectivity index (χ4v) is 7.37. The number of carboxylic acids is 3.